The van der Waals surface area contributed by atoms with E-state index >= 15 is 0 Å². The van der Waals surface area contributed by atoms with Crippen molar-refractivity contribution in [2.24, 2.45) is 5.73 Å². The van der Waals surface area contributed by atoms with Crippen molar-refractivity contribution in [2.75, 3.05) is 44.8 Å². The Balaban J connectivity index is 1.30. The first-order valence-electron chi connectivity index (χ1n) is 15.7. The van der Waals surface area contributed by atoms with Crippen molar-refractivity contribution >= 4 is 17.3 Å². The summed E-state index contributed by atoms with van der Waals surface area (Å²) in [6, 6.07) is 4.62. The molecule has 7 rings (SSSR count). The molecule has 8 N–H and O–H groups in total. The molecule has 0 amide bonds. The first-order valence-corrected chi connectivity index (χ1v) is 15.7. The predicted octanol–water partition coefficient (Wildman–Crippen LogP) is -0.107. The minimum absolute atomic E-state index is 0.00774. The Morgan fingerprint density at radius 2 is 1.93 bits per heavy atom. The third-order valence-corrected chi connectivity index (χ3v) is 10.00. The van der Waals surface area contributed by atoms with E-state index in [1.807, 2.05) is 6.92 Å². The Hall–Kier alpha value is -3.18. The number of morpholine rings is 1. The van der Waals surface area contributed by atoms with Gasteiger partial charge in [-0.15, -0.1) is 0 Å². The summed E-state index contributed by atoms with van der Waals surface area (Å²) in [6.07, 6.45) is -4.92. The van der Waals surface area contributed by atoms with Crippen LogP contribution < -0.4 is 11.1 Å². The van der Waals surface area contributed by atoms with Gasteiger partial charge in [0.15, 0.2) is 17.9 Å². The number of carbonyl (C=O) groups is 2. The fourth-order valence-electron chi connectivity index (χ4n) is 7.79. The Kier molecular flexibility index (Phi) is 8.07. The number of aliphatic hydroxyl groups is 3. The molecule has 8 atom stereocenters. The summed E-state index contributed by atoms with van der Waals surface area (Å²) >= 11 is 0. The minimum atomic E-state index is -2.02. The highest BCUT2D eigenvalue weighted by molar-refractivity contribution is 6.32. The van der Waals surface area contributed by atoms with Gasteiger partial charge in [0.2, 0.25) is 0 Å². The zero-order chi connectivity index (χ0) is 32.5. The number of fused-ring (bicyclic) bond motifs is 6. The standard InChI is InChI=1S/C32H39N3O11/c1-14-31-18(35-7-8-43-13-21(35)46-31)9-22(44-14)45-19-11-32(42,20(37)12-36)10-16-24(19)30(41)26-25(28(16)39)27(38)15-3-2-4-17(34-6-5-33)23(15)29(26)40/h2-4,14,18-22,31,34,36-37,39,41-42H,5-13,33H2,1H3/t14-,18-,19-,20+,21+,22-,31+,32-/m0/s1. The Morgan fingerprint density at radius 3 is 2.70 bits per heavy atom. The Bertz CT molecular complexity index is 1570. The van der Waals surface area contributed by atoms with Gasteiger partial charge in [-0.3, -0.25) is 14.5 Å². The van der Waals surface area contributed by atoms with Crippen molar-refractivity contribution in [3.8, 4) is 11.5 Å². The molecule has 0 radical (unpaired) electrons. The lowest BCUT2D eigenvalue weighted by molar-refractivity contribution is -0.251. The zero-order valence-corrected chi connectivity index (χ0v) is 25.3. The third kappa shape index (κ3) is 4.83. The summed E-state index contributed by atoms with van der Waals surface area (Å²) in [5.74, 6) is -2.54. The first kappa shape index (κ1) is 31.4. The number of phenols is 2. The van der Waals surface area contributed by atoms with E-state index < -0.39 is 65.8 Å². The van der Waals surface area contributed by atoms with E-state index in [4.69, 9.17) is 24.7 Å². The predicted molar refractivity (Wildman–Crippen MR) is 160 cm³/mol. The van der Waals surface area contributed by atoms with Gasteiger partial charge in [-0.25, -0.2) is 0 Å². The number of anilines is 1. The molecule has 0 unspecified atom stereocenters. The van der Waals surface area contributed by atoms with Crippen LogP contribution in [-0.4, -0.2) is 124 Å². The fraction of sp³-hybridized carbons (Fsp3) is 0.562. The number of hydrogen-bond donors (Lipinski definition) is 7. The molecule has 14 nitrogen and oxygen atoms in total. The Labute approximate surface area is 264 Å². The van der Waals surface area contributed by atoms with E-state index in [1.54, 1.807) is 12.1 Å². The quantitative estimate of drug-likeness (QED) is 0.168. The fourth-order valence-corrected chi connectivity index (χ4v) is 7.79. The summed E-state index contributed by atoms with van der Waals surface area (Å²) in [4.78, 5) is 30.1. The second kappa shape index (κ2) is 11.8. The SMILES string of the molecule is C[C@@H]1O[C@@H](O[C@H]2C[C@](O)([C@H](O)CO)Cc3c(O)c4c(c(O)c32)C(=O)c2c(NCCN)cccc2C4=O)C[C@H]2[C@@H]1O[C@@H]1COCCN12. The smallest absolute Gasteiger partial charge is 0.200 e. The highest BCUT2D eigenvalue weighted by Gasteiger charge is 2.53. The van der Waals surface area contributed by atoms with E-state index in [1.165, 1.54) is 6.07 Å². The largest absolute Gasteiger partial charge is 0.507 e. The third-order valence-electron chi connectivity index (χ3n) is 10.00. The first-order chi connectivity index (χ1) is 22.1. The number of ether oxygens (including phenoxy) is 4. The van der Waals surface area contributed by atoms with Crippen LogP contribution in [0.25, 0.3) is 0 Å². The second-order valence-corrected chi connectivity index (χ2v) is 12.7. The molecule has 0 aromatic heterocycles. The number of ketones is 2. The molecule has 5 aliphatic rings. The number of hydrogen-bond acceptors (Lipinski definition) is 14. The maximum Gasteiger partial charge on any atom is 0.200 e. The number of benzene rings is 2. The number of aromatic hydroxyl groups is 2. The van der Waals surface area contributed by atoms with Crippen LogP contribution in [0.3, 0.4) is 0 Å². The lowest BCUT2D eigenvalue weighted by Crippen LogP contribution is -2.54. The van der Waals surface area contributed by atoms with Gasteiger partial charge in [-0.2, -0.15) is 0 Å². The Morgan fingerprint density at radius 1 is 1.15 bits per heavy atom. The van der Waals surface area contributed by atoms with Gasteiger partial charge in [0.25, 0.3) is 0 Å². The highest BCUT2D eigenvalue weighted by Crippen LogP contribution is 2.53. The number of phenolic OH excluding ortho intramolecular Hbond substituents is 2. The van der Waals surface area contributed by atoms with Gasteiger partial charge in [0.1, 0.15) is 29.9 Å². The molecule has 3 saturated heterocycles. The van der Waals surface area contributed by atoms with Crippen LogP contribution in [0.5, 0.6) is 11.5 Å². The zero-order valence-electron chi connectivity index (χ0n) is 25.3. The lowest BCUT2D eigenvalue weighted by Gasteiger charge is -2.44. The summed E-state index contributed by atoms with van der Waals surface area (Å²) in [6.45, 7) is 3.33. The molecule has 2 aliphatic carbocycles. The summed E-state index contributed by atoms with van der Waals surface area (Å²) in [5, 5.41) is 58.7. The van der Waals surface area contributed by atoms with Crippen LogP contribution in [0.2, 0.25) is 0 Å². The normalized spacial score (nSPS) is 32.6. The second-order valence-electron chi connectivity index (χ2n) is 12.7. The van der Waals surface area contributed by atoms with Crippen molar-refractivity contribution < 1.29 is 54.1 Å². The van der Waals surface area contributed by atoms with Crippen LogP contribution in [0.4, 0.5) is 5.69 Å². The molecule has 248 valence electrons. The molecule has 2 aromatic rings. The van der Waals surface area contributed by atoms with Crippen LogP contribution in [0.15, 0.2) is 18.2 Å². The van der Waals surface area contributed by atoms with E-state index in [0.29, 0.717) is 38.4 Å². The van der Waals surface area contributed by atoms with Crippen molar-refractivity contribution in [2.45, 2.75) is 74.8 Å². The van der Waals surface area contributed by atoms with Crippen LogP contribution >= 0.6 is 0 Å². The molecule has 0 spiro atoms. The van der Waals surface area contributed by atoms with Gasteiger partial charge >= 0.3 is 0 Å². The van der Waals surface area contributed by atoms with Crippen molar-refractivity contribution in [3.05, 3.63) is 51.6 Å². The van der Waals surface area contributed by atoms with E-state index in [-0.39, 0.29) is 65.3 Å². The summed E-state index contributed by atoms with van der Waals surface area (Å²) in [7, 11) is 0. The highest BCUT2D eigenvalue weighted by atomic mass is 16.7. The van der Waals surface area contributed by atoms with Crippen LogP contribution in [0.1, 0.15) is 68.8 Å². The number of nitrogens with two attached hydrogens (primary N) is 1. The van der Waals surface area contributed by atoms with Gasteiger partial charge in [0, 0.05) is 67.3 Å². The van der Waals surface area contributed by atoms with Gasteiger partial charge in [-0.1, -0.05) is 12.1 Å². The maximum atomic E-state index is 14.1. The van der Waals surface area contributed by atoms with Crippen LogP contribution in [-0.2, 0) is 25.4 Å². The number of aliphatic hydroxyl groups excluding tert-OH is 2. The lowest BCUT2D eigenvalue weighted by atomic mass is 9.71. The molecule has 46 heavy (non-hydrogen) atoms. The van der Waals surface area contributed by atoms with Gasteiger partial charge < -0.3 is 55.5 Å². The molecular weight excluding hydrogens is 602 g/mol. The number of nitrogens with one attached hydrogen (secondary N) is 1. The van der Waals surface area contributed by atoms with Gasteiger partial charge in [-0.05, 0) is 13.0 Å². The summed E-state index contributed by atoms with van der Waals surface area (Å²) < 4.78 is 24.4. The number of rotatable bonds is 7. The topological polar surface area (TPSA) is 214 Å². The molecule has 14 heteroatoms. The van der Waals surface area contributed by atoms with Crippen molar-refractivity contribution in [1.29, 1.82) is 0 Å². The number of carbonyl (C=O) groups excluding carboxylic acids is 2. The molecule has 0 bridgehead atoms. The monoisotopic (exact) mass is 641 g/mol. The van der Waals surface area contributed by atoms with Crippen molar-refractivity contribution in [3.63, 3.8) is 0 Å². The molecule has 3 aliphatic heterocycles. The molecule has 3 heterocycles. The van der Waals surface area contributed by atoms with Gasteiger partial charge in [0.05, 0.1) is 54.3 Å². The van der Waals surface area contributed by atoms with E-state index in [2.05, 4.69) is 10.2 Å². The maximum absolute atomic E-state index is 14.1. The minimum Gasteiger partial charge on any atom is -0.507 e. The molecule has 2 aromatic carbocycles. The van der Waals surface area contributed by atoms with E-state index in [9.17, 15) is 35.1 Å². The van der Waals surface area contributed by atoms with Crippen LogP contribution in [0, 0.1) is 0 Å². The average Bonchev–Trinajstić information content (AvgIpc) is 3.42. The number of nitrogens with zero attached hydrogens (tertiary/aromatic N) is 1. The molecular formula is C32H39N3O11. The van der Waals surface area contributed by atoms with Crippen molar-refractivity contribution in [1.82, 2.24) is 4.90 Å². The van der Waals surface area contributed by atoms with E-state index in [0.717, 1.165) is 0 Å². The summed E-state index contributed by atoms with van der Waals surface area (Å²) in [5.41, 5.74) is 3.22. The molecule has 3 fully saturated rings. The molecule has 0 saturated carbocycles. The average molecular weight is 642 g/mol.